The number of carboxylic acid groups (broad SMARTS) is 1. The second-order valence-corrected chi connectivity index (χ2v) is 9.39. The van der Waals surface area contributed by atoms with Crippen LogP contribution >= 0.6 is 0 Å². The zero-order valence-corrected chi connectivity index (χ0v) is 21.1. The fraction of sp³-hybridized carbons (Fsp3) is 0.138. The van der Waals surface area contributed by atoms with Crippen LogP contribution in [0.15, 0.2) is 89.1 Å². The van der Waals surface area contributed by atoms with Crippen LogP contribution in [0.1, 0.15) is 22.3 Å². The molecule has 1 atom stereocenters. The Morgan fingerprint density at radius 2 is 1.67 bits per heavy atom. The van der Waals surface area contributed by atoms with Crippen LogP contribution in [0.3, 0.4) is 0 Å². The van der Waals surface area contributed by atoms with Crippen LogP contribution in [0.5, 0.6) is 11.6 Å². The second kappa shape index (κ2) is 10.4. The van der Waals surface area contributed by atoms with Gasteiger partial charge in [-0.2, -0.15) is 26.3 Å². The summed E-state index contributed by atoms with van der Waals surface area (Å²) in [6, 6.07) is 12.5. The van der Waals surface area contributed by atoms with Gasteiger partial charge in [0.2, 0.25) is 5.88 Å². The van der Waals surface area contributed by atoms with Crippen LogP contribution in [0.2, 0.25) is 0 Å². The van der Waals surface area contributed by atoms with E-state index in [-0.39, 0.29) is 39.1 Å². The normalized spacial score (nSPS) is 15.9. The van der Waals surface area contributed by atoms with Crippen LogP contribution in [0.4, 0.5) is 37.7 Å². The highest BCUT2D eigenvalue weighted by atomic mass is 19.4. The number of carboxylic acids is 1. The summed E-state index contributed by atoms with van der Waals surface area (Å²) >= 11 is 0. The lowest BCUT2D eigenvalue weighted by Crippen LogP contribution is -2.23. The van der Waals surface area contributed by atoms with Gasteiger partial charge < -0.3 is 15.3 Å². The molecule has 42 heavy (non-hydrogen) atoms. The highest BCUT2D eigenvalue weighted by Crippen LogP contribution is 2.47. The molecule has 4 aromatic rings. The standard InChI is InChI=1S/C29H19F6N3O4/c30-28(31,32)17-6-2-7-19(13-17)38-23-14-18(29(33,34)35)10-11-21(23)24(26(38)40)37-36-22-9-3-8-20(25(22)39)15-4-1-5-16(12-15)27(41)42/h1-12,14,17,39-40H,13H2,(H,41,42). The van der Waals surface area contributed by atoms with Crippen LogP contribution in [-0.2, 0) is 6.18 Å². The Morgan fingerprint density at radius 1 is 0.929 bits per heavy atom. The van der Waals surface area contributed by atoms with Gasteiger partial charge in [0.1, 0.15) is 5.69 Å². The first-order chi connectivity index (χ1) is 19.8. The quantitative estimate of drug-likeness (QED) is 0.160. The molecule has 0 bridgehead atoms. The maximum atomic E-state index is 13.5. The molecule has 0 fully saturated rings. The minimum atomic E-state index is -4.78. The average Bonchev–Trinajstić information content (AvgIpc) is 3.22. The Hall–Kier alpha value is -5.07. The van der Waals surface area contributed by atoms with Crippen molar-refractivity contribution in [2.75, 3.05) is 0 Å². The van der Waals surface area contributed by atoms with Crippen LogP contribution in [0.25, 0.3) is 27.7 Å². The number of aromatic nitrogens is 1. The number of para-hydroxylation sites is 1. The number of nitrogens with zero attached hydrogens (tertiary/aromatic N) is 3. The van der Waals surface area contributed by atoms with Crippen molar-refractivity contribution in [1.82, 2.24) is 4.57 Å². The van der Waals surface area contributed by atoms with Gasteiger partial charge in [0, 0.05) is 23.1 Å². The molecule has 5 rings (SSSR count). The summed E-state index contributed by atoms with van der Waals surface area (Å²) in [4.78, 5) is 11.3. The van der Waals surface area contributed by atoms with Crippen LogP contribution < -0.4 is 0 Å². The zero-order chi connectivity index (χ0) is 30.4. The number of halogens is 6. The molecule has 216 valence electrons. The van der Waals surface area contributed by atoms with E-state index >= 15 is 0 Å². The summed E-state index contributed by atoms with van der Waals surface area (Å²) in [5.41, 5.74) is -1.41. The molecular weight excluding hydrogens is 568 g/mol. The number of hydrogen-bond donors (Lipinski definition) is 3. The summed E-state index contributed by atoms with van der Waals surface area (Å²) in [7, 11) is 0. The van der Waals surface area contributed by atoms with E-state index in [9.17, 15) is 46.5 Å². The van der Waals surface area contributed by atoms with Gasteiger partial charge in [0.05, 0.1) is 22.6 Å². The second-order valence-electron chi connectivity index (χ2n) is 9.39. The van der Waals surface area contributed by atoms with E-state index in [1.54, 1.807) is 6.07 Å². The monoisotopic (exact) mass is 587 g/mol. The fourth-order valence-electron chi connectivity index (χ4n) is 4.64. The number of fused-ring (bicyclic) bond motifs is 1. The predicted octanol–water partition coefficient (Wildman–Crippen LogP) is 8.83. The van der Waals surface area contributed by atoms with Gasteiger partial charge in [0.25, 0.3) is 0 Å². The number of allylic oxidation sites excluding steroid dienone is 4. The summed E-state index contributed by atoms with van der Waals surface area (Å²) < 4.78 is 81.8. The molecule has 1 aromatic heterocycles. The molecule has 1 unspecified atom stereocenters. The maximum Gasteiger partial charge on any atom is 0.416 e. The molecular formula is C29H19F6N3O4. The molecule has 7 nitrogen and oxygen atoms in total. The van der Waals surface area contributed by atoms with Crippen molar-refractivity contribution >= 4 is 33.9 Å². The minimum Gasteiger partial charge on any atom is -0.505 e. The van der Waals surface area contributed by atoms with Gasteiger partial charge in [-0.05, 0) is 48.0 Å². The molecule has 1 heterocycles. The van der Waals surface area contributed by atoms with E-state index < -0.39 is 47.9 Å². The summed E-state index contributed by atoms with van der Waals surface area (Å²) in [6.45, 7) is 0. The Kier molecular flexibility index (Phi) is 7.05. The number of phenols is 1. The number of rotatable bonds is 5. The number of carbonyl (C=O) groups is 1. The van der Waals surface area contributed by atoms with E-state index in [4.69, 9.17) is 0 Å². The Morgan fingerprint density at radius 3 is 2.36 bits per heavy atom. The number of azo groups is 1. The molecule has 0 radical (unpaired) electrons. The molecule has 0 aliphatic heterocycles. The van der Waals surface area contributed by atoms with E-state index in [0.717, 1.165) is 28.9 Å². The smallest absolute Gasteiger partial charge is 0.416 e. The van der Waals surface area contributed by atoms with Gasteiger partial charge in [-0.25, -0.2) is 4.79 Å². The van der Waals surface area contributed by atoms with Gasteiger partial charge in [0.15, 0.2) is 11.4 Å². The van der Waals surface area contributed by atoms with E-state index in [0.29, 0.717) is 11.6 Å². The number of aromatic carboxylic acids is 1. The molecule has 0 amide bonds. The summed E-state index contributed by atoms with van der Waals surface area (Å²) in [5, 5.41) is 39.1. The minimum absolute atomic E-state index is 0.0329. The first-order valence-electron chi connectivity index (χ1n) is 12.2. The molecule has 13 heteroatoms. The number of benzene rings is 3. The molecule has 1 aliphatic rings. The fourth-order valence-corrected chi connectivity index (χ4v) is 4.64. The lowest BCUT2D eigenvalue weighted by Gasteiger charge is -2.22. The van der Waals surface area contributed by atoms with Crippen molar-refractivity contribution in [3.05, 3.63) is 90.0 Å². The van der Waals surface area contributed by atoms with Crippen molar-refractivity contribution in [3.8, 4) is 22.8 Å². The molecule has 0 saturated heterocycles. The van der Waals surface area contributed by atoms with Crippen molar-refractivity contribution in [3.63, 3.8) is 0 Å². The predicted molar refractivity (Wildman–Crippen MR) is 141 cm³/mol. The van der Waals surface area contributed by atoms with Crippen molar-refractivity contribution in [1.29, 1.82) is 0 Å². The van der Waals surface area contributed by atoms with E-state index in [2.05, 4.69) is 10.2 Å². The molecule has 3 aromatic carbocycles. The Bertz CT molecular complexity index is 1800. The molecule has 1 aliphatic carbocycles. The molecule has 3 N–H and O–H groups in total. The molecule has 0 saturated carbocycles. The van der Waals surface area contributed by atoms with Crippen molar-refractivity contribution in [2.24, 2.45) is 16.1 Å². The first-order valence-corrected chi connectivity index (χ1v) is 12.2. The largest absolute Gasteiger partial charge is 0.505 e. The topological polar surface area (TPSA) is 107 Å². The first kappa shape index (κ1) is 28.5. The summed E-state index contributed by atoms with van der Waals surface area (Å²) in [5.74, 6) is -4.26. The zero-order valence-electron chi connectivity index (χ0n) is 21.1. The molecule has 0 spiro atoms. The van der Waals surface area contributed by atoms with Crippen molar-refractivity contribution < 1.29 is 46.5 Å². The lowest BCUT2D eigenvalue weighted by atomic mass is 9.97. The summed E-state index contributed by atoms with van der Waals surface area (Å²) in [6.07, 6.45) is -6.78. The van der Waals surface area contributed by atoms with Crippen LogP contribution in [0, 0.1) is 5.92 Å². The Balaban J connectivity index is 1.62. The van der Waals surface area contributed by atoms with E-state index in [1.165, 1.54) is 42.5 Å². The third kappa shape index (κ3) is 5.32. The highest BCUT2D eigenvalue weighted by Gasteiger charge is 2.40. The number of phenolic OH excluding ortho intramolecular Hbond substituents is 1. The van der Waals surface area contributed by atoms with E-state index in [1.807, 2.05) is 0 Å². The third-order valence-corrected chi connectivity index (χ3v) is 6.71. The Labute approximate surface area is 233 Å². The maximum absolute atomic E-state index is 13.5. The highest BCUT2D eigenvalue weighted by molar-refractivity contribution is 5.98. The van der Waals surface area contributed by atoms with Crippen molar-refractivity contribution in [2.45, 2.75) is 18.8 Å². The number of aromatic hydroxyl groups is 2. The average molecular weight is 587 g/mol. The van der Waals surface area contributed by atoms with Gasteiger partial charge in [-0.15, -0.1) is 10.2 Å². The number of alkyl halides is 6. The van der Waals surface area contributed by atoms with Crippen LogP contribution in [-0.4, -0.2) is 32.0 Å². The SMILES string of the molecule is O=C(O)c1cccc(-c2cccc(N=Nc3c(O)n(C4=CC=CC(C(F)(F)F)C4)c4cc(C(F)(F)F)ccc34)c2O)c1. The van der Waals surface area contributed by atoms with Gasteiger partial charge in [-0.3, -0.25) is 4.57 Å². The number of hydrogen-bond acceptors (Lipinski definition) is 5. The lowest BCUT2D eigenvalue weighted by molar-refractivity contribution is -0.160. The van der Waals surface area contributed by atoms with Gasteiger partial charge in [-0.1, -0.05) is 36.4 Å². The van der Waals surface area contributed by atoms with Gasteiger partial charge >= 0.3 is 18.3 Å². The third-order valence-electron chi connectivity index (χ3n) is 6.71.